The molecule has 0 spiro atoms. The van der Waals surface area contributed by atoms with Crippen molar-refractivity contribution in [3.63, 3.8) is 0 Å². The number of allylic oxidation sites excluding steroid dienone is 4. The van der Waals surface area contributed by atoms with E-state index < -0.39 is 0 Å². The fraction of sp³-hybridized carbons (Fsp3) is 0.200. The third-order valence-electron chi connectivity index (χ3n) is 2.46. The van der Waals surface area contributed by atoms with Crippen LogP contribution in [0.25, 0.3) is 0 Å². The van der Waals surface area contributed by atoms with E-state index in [0.29, 0.717) is 5.92 Å². The molecule has 0 aliphatic heterocycles. The highest BCUT2D eigenvalue weighted by atomic mass is 14.1. The van der Waals surface area contributed by atoms with Crippen LogP contribution in [0, 0.1) is 17.8 Å². The summed E-state index contributed by atoms with van der Waals surface area (Å²) >= 11 is 0. The Morgan fingerprint density at radius 1 is 1.20 bits per heavy atom. The Labute approximate surface area is 91.3 Å². The zero-order chi connectivity index (χ0) is 10.5. The first-order valence-electron chi connectivity index (χ1n) is 5.26. The molecule has 1 aliphatic carbocycles. The van der Waals surface area contributed by atoms with Crippen molar-refractivity contribution in [2.45, 2.75) is 13.3 Å². The molecular formula is C15H14. The fourth-order valence-electron chi connectivity index (χ4n) is 1.53. The SMILES string of the molecule is CC1=CCC(C#Cc2ccccc2)C=C1. The molecule has 0 N–H and O–H groups in total. The summed E-state index contributed by atoms with van der Waals surface area (Å²) in [6.45, 7) is 2.12. The minimum Gasteiger partial charge on any atom is -0.0900 e. The minimum atomic E-state index is 0.383. The first kappa shape index (κ1) is 9.80. The zero-order valence-corrected chi connectivity index (χ0v) is 8.90. The molecule has 0 amide bonds. The summed E-state index contributed by atoms with van der Waals surface area (Å²) in [5.41, 5.74) is 2.44. The van der Waals surface area contributed by atoms with Gasteiger partial charge in [-0.05, 0) is 25.5 Å². The van der Waals surface area contributed by atoms with Crippen molar-refractivity contribution >= 4 is 0 Å². The van der Waals surface area contributed by atoms with Crippen LogP contribution in [0.2, 0.25) is 0 Å². The lowest BCUT2D eigenvalue weighted by Gasteiger charge is -2.07. The van der Waals surface area contributed by atoms with Crippen molar-refractivity contribution in [2.75, 3.05) is 0 Å². The van der Waals surface area contributed by atoms with E-state index in [1.165, 1.54) is 5.57 Å². The van der Waals surface area contributed by atoms with Crippen LogP contribution in [0.15, 0.2) is 54.1 Å². The van der Waals surface area contributed by atoms with Gasteiger partial charge in [0.05, 0.1) is 0 Å². The van der Waals surface area contributed by atoms with Crippen LogP contribution in [0.4, 0.5) is 0 Å². The minimum absolute atomic E-state index is 0.383. The predicted molar refractivity (Wildman–Crippen MR) is 64.3 cm³/mol. The van der Waals surface area contributed by atoms with E-state index in [0.717, 1.165) is 12.0 Å². The van der Waals surface area contributed by atoms with Crippen molar-refractivity contribution in [3.05, 3.63) is 59.7 Å². The molecule has 0 saturated heterocycles. The van der Waals surface area contributed by atoms with Gasteiger partial charge in [0.25, 0.3) is 0 Å². The van der Waals surface area contributed by atoms with Gasteiger partial charge >= 0.3 is 0 Å². The summed E-state index contributed by atoms with van der Waals surface area (Å²) < 4.78 is 0. The molecule has 1 unspecified atom stereocenters. The van der Waals surface area contributed by atoms with E-state index in [4.69, 9.17) is 0 Å². The molecule has 0 aromatic heterocycles. The van der Waals surface area contributed by atoms with Gasteiger partial charge in [-0.2, -0.15) is 0 Å². The Balaban J connectivity index is 2.05. The van der Waals surface area contributed by atoms with Gasteiger partial charge < -0.3 is 0 Å². The van der Waals surface area contributed by atoms with E-state index in [1.807, 2.05) is 30.3 Å². The first-order chi connectivity index (χ1) is 7.34. The van der Waals surface area contributed by atoms with Gasteiger partial charge in [-0.3, -0.25) is 0 Å². The van der Waals surface area contributed by atoms with Crippen LogP contribution in [0.3, 0.4) is 0 Å². The van der Waals surface area contributed by atoms with Crippen LogP contribution in [-0.4, -0.2) is 0 Å². The zero-order valence-electron chi connectivity index (χ0n) is 8.90. The molecule has 0 bridgehead atoms. The number of benzene rings is 1. The van der Waals surface area contributed by atoms with E-state index in [-0.39, 0.29) is 0 Å². The third kappa shape index (κ3) is 2.86. The molecule has 1 aromatic carbocycles. The highest BCUT2D eigenvalue weighted by Gasteiger charge is 2.02. The molecule has 0 heterocycles. The molecular weight excluding hydrogens is 180 g/mol. The maximum Gasteiger partial charge on any atom is 0.0424 e. The van der Waals surface area contributed by atoms with Gasteiger partial charge in [-0.25, -0.2) is 0 Å². The molecule has 1 atom stereocenters. The molecule has 0 fully saturated rings. The Kier molecular flexibility index (Phi) is 3.05. The van der Waals surface area contributed by atoms with E-state index in [9.17, 15) is 0 Å². The molecule has 1 aliphatic rings. The molecule has 0 saturated carbocycles. The largest absolute Gasteiger partial charge is 0.0900 e. The average Bonchev–Trinajstić information content (AvgIpc) is 2.30. The second kappa shape index (κ2) is 4.66. The summed E-state index contributed by atoms with van der Waals surface area (Å²) in [6, 6.07) is 10.1. The van der Waals surface area contributed by atoms with Gasteiger partial charge in [0.2, 0.25) is 0 Å². The number of hydrogen-bond acceptors (Lipinski definition) is 0. The molecule has 2 rings (SSSR count). The van der Waals surface area contributed by atoms with E-state index in [1.54, 1.807) is 0 Å². The highest BCUT2D eigenvalue weighted by molar-refractivity contribution is 5.36. The quantitative estimate of drug-likeness (QED) is 0.554. The smallest absolute Gasteiger partial charge is 0.0424 e. The summed E-state index contributed by atoms with van der Waals surface area (Å²) in [6.07, 6.45) is 7.62. The topological polar surface area (TPSA) is 0 Å². The molecule has 0 nitrogen and oxygen atoms in total. The first-order valence-corrected chi connectivity index (χ1v) is 5.26. The van der Waals surface area contributed by atoms with E-state index >= 15 is 0 Å². The molecule has 0 radical (unpaired) electrons. The fourth-order valence-corrected chi connectivity index (χ4v) is 1.53. The van der Waals surface area contributed by atoms with Gasteiger partial charge in [0, 0.05) is 11.5 Å². The van der Waals surface area contributed by atoms with Gasteiger partial charge in [0.1, 0.15) is 0 Å². The number of rotatable bonds is 0. The standard InChI is InChI=1S/C15H14/c1-13-7-9-15(10-8-13)12-11-14-5-3-2-4-6-14/h2-9,15H,10H2,1H3. The Bertz CT molecular complexity index is 438. The molecule has 1 aromatic rings. The monoisotopic (exact) mass is 194 g/mol. The summed E-state index contributed by atoms with van der Waals surface area (Å²) in [7, 11) is 0. The predicted octanol–water partition coefficient (Wildman–Crippen LogP) is 3.56. The number of hydrogen-bond donors (Lipinski definition) is 0. The van der Waals surface area contributed by atoms with Crippen LogP contribution in [0.5, 0.6) is 0 Å². The maximum absolute atomic E-state index is 3.28. The van der Waals surface area contributed by atoms with Crippen molar-refractivity contribution in [2.24, 2.45) is 5.92 Å². The summed E-state index contributed by atoms with van der Waals surface area (Å²) in [4.78, 5) is 0. The van der Waals surface area contributed by atoms with Crippen LogP contribution in [-0.2, 0) is 0 Å². The Morgan fingerprint density at radius 2 is 2.00 bits per heavy atom. The summed E-state index contributed by atoms with van der Waals surface area (Å²) in [5.74, 6) is 6.86. The molecule has 15 heavy (non-hydrogen) atoms. The van der Waals surface area contributed by atoms with Crippen LogP contribution < -0.4 is 0 Å². The third-order valence-corrected chi connectivity index (χ3v) is 2.46. The highest BCUT2D eigenvalue weighted by Crippen LogP contribution is 2.14. The lowest BCUT2D eigenvalue weighted by Crippen LogP contribution is -1.95. The van der Waals surface area contributed by atoms with Gasteiger partial charge in [-0.15, -0.1) is 0 Å². The van der Waals surface area contributed by atoms with Gasteiger partial charge in [0.15, 0.2) is 0 Å². The van der Waals surface area contributed by atoms with Crippen molar-refractivity contribution < 1.29 is 0 Å². The van der Waals surface area contributed by atoms with Gasteiger partial charge in [-0.1, -0.05) is 53.8 Å². The second-order valence-electron chi connectivity index (χ2n) is 3.78. The second-order valence-corrected chi connectivity index (χ2v) is 3.78. The molecule has 0 heteroatoms. The maximum atomic E-state index is 3.28. The van der Waals surface area contributed by atoms with Crippen molar-refractivity contribution in [3.8, 4) is 11.8 Å². The summed E-state index contributed by atoms with van der Waals surface area (Å²) in [5, 5.41) is 0. The normalized spacial score (nSPS) is 19.0. The van der Waals surface area contributed by atoms with Crippen LogP contribution in [0.1, 0.15) is 18.9 Å². The molecule has 74 valence electrons. The lowest BCUT2D eigenvalue weighted by atomic mass is 9.98. The Hall–Kier alpha value is -1.74. The van der Waals surface area contributed by atoms with Crippen molar-refractivity contribution in [1.29, 1.82) is 0 Å². The van der Waals surface area contributed by atoms with Crippen molar-refractivity contribution in [1.82, 2.24) is 0 Å². The average molecular weight is 194 g/mol. The Morgan fingerprint density at radius 3 is 2.67 bits per heavy atom. The van der Waals surface area contributed by atoms with Crippen LogP contribution >= 0.6 is 0 Å². The lowest BCUT2D eigenvalue weighted by molar-refractivity contribution is 0.843. The van der Waals surface area contributed by atoms with E-state index in [2.05, 4.69) is 37.0 Å².